The number of aliphatic carboxylic acids is 1. The van der Waals surface area contributed by atoms with Crippen LogP contribution in [-0.4, -0.2) is 35.2 Å². The highest BCUT2D eigenvalue weighted by Crippen LogP contribution is 2.29. The molecule has 1 unspecified atom stereocenters. The number of hydrogen-bond acceptors (Lipinski definition) is 3. The molecule has 1 aromatic carbocycles. The summed E-state index contributed by atoms with van der Waals surface area (Å²) in [6.45, 7) is 3.23. The monoisotopic (exact) mass is 299 g/mol. The first-order chi connectivity index (χ1) is 9.47. The first-order valence-corrected chi connectivity index (χ1v) is 7.29. The summed E-state index contributed by atoms with van der Waals surface area (Å²) in [5.74, 6) is -1.64. The van der Waals surface area contributed by atoms with Crippen molar-refractivity contribution >= 4 is 29.5 Å². The number of hydrogen-bond donors (Lipinski definition) is 1. The Balaban J connectivity index is 2.28. The Morgan fingerprint density at radius 1 is 1.45 bits per heavy atom. The average Bonchev–Trinajstić information content (AvgIpc) is 2.35. The Bertz CT molecular complexity index is 525. The Morgan fingerprint density at radius 2 is 2.10 bits per heavy atom. The van der Waals surface area contributed by atoms with Gasteiger partial charge >= 0.3 is 5.97 Å². The third-order valence-electron chi connectivity index (χ3n) is 3.01. The second-order valence-corrected chi connectivity index (χ2v) is 6.18. The Kier molecular flexibility index (Phi) is 4.65. The van der Waals surface area contributed by atoms with Gasteiger partial charge < -0.3 is 10.0 Å². The minimum absolute atomic E-state index is 0.0235. The molecule has 0 aromatic heterocycles. The van der Waals surface area contributed by atoms with E-state index in [0.29, 0.717) is 18.3 Å². The molecule has 0 radical (unpaired) electrons. The van der Waals surface area contributed by atoms with E-state index in [2.05, 4.69) is 0 Å². The van der Waals surface area contributed by atoms with Gasteiger partial charge in [0.1, 0.15) is 17.3 Å². The van der Waals surface area contributed by atoms with E-state index in [1.807, 2.05) is 6.92 Å². The van der Waals surface area contributed by atoms with Crippen LogP contribution in [0.2, 0.25) is 0 Å². The number of halogens is 2. The van der Waals surface area contributed by atoms with Crippen molar-refractivity contribution in [3.05, 3.63) is 35.4 Å². The lowest BCUT2D eigenvalue weighted by Gasteiger charge is -2.32. The predicted octanol–water partition coefficient (Wildman–Crippen LogP) is 3.00. The topological polar surface area (TPSA) is 40.5 Å². The number of benzene rings is 1. The van der Waals surface area contributed by atoms with Gasteiger partial charge in [0.15, 0.2) is 0 Å². The van der Waals surface area contributed by atoms with Gasteiger partial charge in [-0.05, 0) is 23.8 Å². The van der Waals surface area contributed by atoms with Crippen molar-refractivity contribution in [2.45, 2.75) is 12.2 Å². The van der Waals surface area contributed by atoms with E-state index in [4.69, 9.17) is 5.11 Å². The van der Waals surface area contributed by atoms with Crippen LogP contribution < -0.4 is 4.90 Å². The summed E-state index contributed by atoms with van der Waals surface area (Å²) >= 11 is 1.78. The molecule has 1 heterocycles. The third kappa shape index (κ3) is 3.50. The van der Waals surface area contributed by atoms with Crippen LogP contribution in [-0.2, 0) is 4.79 Å². The second-order valence-electron chi connectivity index (χ2n) is 4.63. The zero-order valence-electron chi connectivity index (χ0n) is 11.0. The van der Waals surface area contributed by atoms with E-state index in [9.17, 15) is 13.6 Å². The zero-order valence-corrected chi connectivity index (χ0v) is 11.8. The van der Waals surface area contributed by atoms with Crippen LogP contribution in [0.5, 0.6) is 0 Å². The summed E-state index contributed by atoms with van der Waals surface area (Å²) in [7, 11) is 0. The third-order valence-corrected chi connectivity index (χ3v) is 4.15. The summed E-state index contributed by atoms with van der Waals surface area (Å²) < 4.78 is 28.2. The molecule has 1 aliphatic rings. The quantitative estimate of drug-likeness (QED) is 0.871. The molecule has 108 valence electrons. The number of rotatable bonds is 3. The largest absolute Gasteiger partial charge is 0.478 e. The number of nitrogens with zero attached hydrogens (tertiary/aromatic N) is 1. The van der Waals surface area contributed by atoms with Gasteiger partial charge in [0, 0.05) is 30.2 Å². The number of carboxylic acid groups (broad SMARTS) is 1. The lowest BCUT2D eigenvalue weighted by Crippen LogP contribution is -2.37. The summed E-state index contributed by atoms with van der Waals surface area (Å²) in [5, 5.41) is 8.84. The van der Waals surface area contributed by atoms with E-state index in [0.717, 1.165) is 24.0 Å². The van der Waals surface area contributed by atoms with Crippen molar-refractivity contribution in [2.24, 2.45) is 0 Å². The van der Waals surface area contributed by atoms with Gasteiger partial charge in [0.25, 0.3) is 0 Å². The van der Waals surface area contributed by atoms with E-state index >= 15 is 0 Å². The van der Waals surface area contributed by atoms with Crippen LogP contribution >= 0.6 is 11.8 Å². The molecule has 0 saturated carbocycles. The van der Waals surface area contributed by atoms with E-state index < -0.39 is 17.6 Å². The summed E-state index contributed by atoms with van der Waals surface area (Å²) in [6, 6.07) is 2.31. The molecule has 0 amide bonds. The standard InChI is InChI=1S/C14H15F2NO2S/c1-9-8-17(4-5-20-9)14-11(15)6-10(7-12(14)16)2-3-13(18)19/h2-3,6-7,9H,4-5,8H2,1H3,(H,18,19)/b3-2+. The fraction of sp³-hybridized carbons (Fsp3) is 0.357. The van der Waals surface area contributed by atoms with Crippen molar-refractivity contribution in [3.63, 3.8) is 0 Å². The fourth-order valence-electron chi connectivity index (χ4n) is 2.17. The molecule has 1 saturated heterocycles. The molecule has 1 N–H and O–H groups in total. The number of thioether (sulfide) groups is 1. The predicted molar refractivity (Wildman–Crippen MR) is 77.2 cm³/mol. The minimum Gasteiger partial charge on any atom is -0.478 e. The van der Waals surface area contributed by atoms with Gasteiger partial charge in [-0.3, -0.25) is 0 Å². The lowest BCUT2D eigenvalue weighted by molar-refractivity contribution is -0.131. The molecule has 2 rings (SSSR count). The molecule has 0 spiro atoms. The van der Waals surface area contributed by atoms with Crippen LogP contribution in [0.15, 0.2) is 18.2 Å². The van der Waals surface area contributed by atoms with Crippen molar-refractivity contribution in [1.82, 2.24) is 0 Å². The number of carboxylic acids is 1. The first-order valence-electron chi connectivity index (χ1n) is 6.24. The molecule has 3 nitrogen and oxygen atoms in total. The van der Waals surface area contributed by atoms with Crippen molar-refractivity contribution < 1.29 is 18.7 Å². The van der Waals surface area contributed by atoms with Gasteiger partial charge in [-0.1, -0.05) is 6.92 Å². The van der Waals surface area contributed by atoms with Crippen LogP contribution in [0.3, 0.4) is 0 Å². The molecular formula is C14H15F2NO2S. The minimum atomic E-state index is -1.16. The molecule has 0 aliphatic carbocycles. The van der Waals surface area contributed by atoms with Crippen molar-refractivity contribution in [2.75, 3.05) is 23.7 Å². The van der Waals surface area contributed by atoms with Gasteiger partial charge in [-0.25, -0.2) is 13.6 Å². The maximum atomic E-state index is 14.1. The molecule has 20 heavy (non-hydrogen) atoms. The Labute approximate surface area is 120 Å². The van der Waals surface area contributed by atoms with Crippen molar-refractivity contribution in [3.8, 4) is 0 Å². The lowest BCUT2D eigenvalue weighted by atomic mass is 10.1. The van der Waals surface area contributed by atoms with E-state index in [1.165, 1.54) is 6.08 Å². The second kappa shape index (κ2) is 6.26. The Morgan fingerprint density at radius 3 is 2.65 bits per heavy atom. The summed E-state index contributed by atoms with van der Waals surface area (Å²) in [6.07, 6.45) is 2.03. The highest BCUT2D eigenvalue weighted by atomic mass is 32.2. The summed E-state index contributed by atoms with van der Waals surface area (Å²) in [5.41, 5.74) is 0.176. The molecule has 1 fully saturated rings. The van der Waals surface area contributed by atoms with E-state index in [-0.39, 0.29) is 11.3 Å². The van der Waals surface area contributed by atoms with Gasteiger partial charge in [-0.2, -0.15) is 11.8 Å². The molecular weight excluding hydrogens is 284 g/mol. The molecule has 1 atom stereocenters. The summed E-state index contributed by atoms with van der Waals surface area (Å²) in [4.78, 5) is 12.1. The SMILES string of the molecule is CC1CN(c2c(F)cc(/C=C/C(=O)O)cc2F)CCS1. The van der Waals surface area contributed by atoms with E-state index in [1.54, 1.807) is 16.7 Å². The van der Waals surface area contributed by atoms with Gasteiger partial charge in [-0.15, -0.1) is 0 Å². The smallest absolute Gasteiger partial charge is 0.328 e. The first kappa shape index (κ1) is 14.8. The van der Waals surface area contributed by atoms with Crippen LogP contribution in [0.25, 0.3) is 6.08 Å². The van der Waals surface area contributed by atoms with Crippen molar-refractivity contribution in [1.29, 1.82) is 0 Å². The molecule has 1 aliphatic heterocycles. The Hall–Kier alpha value is -1.56. The zero-order chi connectivity index (χ0) is 14.7. The van der Waals surface area contributed by atoms with Crippen LogP contribution in [0.1, 0.15) is 12.5 Å². The van der Waals surface area contributed by atoms with Gasteiger partial charge in [0.2, 0.25) is 0 Å². The maximum Gasteiger partial charge on any atom is 0.328 e. The average molecular weight is 299 g/mol. The maximum absolute atomic E-state index is 14.1. The fourth-order valence-corrected chi connectivity index (χ4v) is 3.19. The highest BCUT2D eigenvalue weighted by Gasteiger charge is 2.23. The number of carbonyl (C=O) groups is 1. The molecule has 0 bridgehead atoms. The van der Waals surface area contributed by atoms with Gasteiger partial charge in [0.05, 0.1) is 0 Å². The normalized spacial score (nSPS) is 19.6. The van der Waals surface area contributed by atoms with Crippen LogP contribution in [0, 0.1) is 11.6 Å². The van der Waals surface area contributed by atoms with Crippen LogP contribution in [0.4, 0.5) is 14.5 Å². The number of anilines is 1. The molecule has 1 aromatic rings. The molecule has 6 heteroatoms. The highest BCUT2D eigenvalue weighted by molar-refractivity contribution is 8.00.